The Labute approximate surface area is 83.2 Å². The van der Waals surface area contributed by atoms with E-state index >= 15 is 0 Å². The fraction of sp³-hybridized carbons (Fsp3) is 0.300. The van der Waals surface area contributed by atoms with Crippen LogP contribution in [0.1, 0.15) is 5.56 Å². The zero-order chi connectivity index (χ0) is 10.8. The lowest BCUT2D eigenvalue weighted by molar-refractivity contribution is 0.587. The van der Waals surface area contributed by atoms with E-state index in [1.54, 1.807) is 32.5 Å². The number of halogens is 1. The molecule has 76 valence electrons. The van der Waals surface area contributed by atoms with Gasteiger partial charge in [-0.05, 0) is 19.4 Å². The van der Waals surface area contributed by atoms with Crippen molar-refractivity contribution < 1.29 is 8.96 Å². The Morgan fingerprint density at radius 2 is 2.07 bits per heavy atom. The van der Waals surface area contributed by atoms with Gasteiger partial charge in [0.05, 0.1) is 0 Å². The average molecular weight is 213 g/mol. The first kappa shape index (κ1) is 11.1. The molecule has 0 amide bonds. The van der Waals surface area contributed by atoms with Crippen molar-refractivity contribution in [2.75, 3.05) is 20.4 Å². The Bertz CT molecular complexity index is 409. The summed E-state index contributed by atoms with van der Waals surface area (Å²) >= 11 is 0. The van der Waals surface area contributed by atoms with Gasteiger partial charge in [0.2, 0.25) is 0 Å². The molecule has 0 aromatic heterocycles. The molecule has 14 heavy (non-hydrogen) atoms. The lowest BCUT2D eigenvalue weighted by atomic mass is 10.2. The van der Waals surface area contributed by atoms with Crippen LogP contribution in [-0.2, 0) is 4.57 Å². The minimum atomic E-state index is -2.44. The molecular formula is C10H13FNOP. The molecule has 0 heterocycles. The second-order valence-electron chi connectivity index (χ2n) is 3.41. The zero-order valence-electron chi connectivity index (χ0n) is 8.49. The molecule has 0 atom stereocenters. The second kappa shape index (κ2) is 4.05. The van der Waals surface area contributed by atoms with Crippen LogP contribution in [0.2, 0.25) is 0 Å². The van der Waals surface area contributed by atoms with Crippen LogP contribution < -0.4 is 5.30 Å². The number of nitrogens with zero attached hydrogens (tertiary/aromatic N) is 1. The van der Waals surface area contributed by atoms with Gasteiger partial charge in [-0.2, -0.15) is 0 Å². The molecule has 0 unspecified atom stereocenters. The van der Waals surface area contributed by atoms with Crippen LogP contribution in [0.5, 0.6) is 0 Å². The Morgan fingerprint density at radius 1 is 1.43 bits per heavy atom. The standard InChI is InChI=1S/C10H13FNOP/c1-12-7-8-9(11)5-4-6-10(8)14(2,3)13/h4-7H,1-3H3. The first-order valence-electron chi connectivity index (χ1n) is 4.23. The number of rotatable bonds is 2. The molecule has 0 N–H and O–H groups in total. The van der Waals surface area contributed by atoms with Crippen molar-refractivity contribution in [3.05, 3.63) is 29.6 Å². The van der Waals surface area contributed by atoms with Gasteiger partial charge in [0.15, 0.2) is 0 Å². The lowest BCUT2D eigenvalue weighted by Gasteiger charge is -2.10. The quantitative estimate of drug-likeness (QED) is 0.546. The summed E-state index contributed by atoms with van der Waals surface area (Å²) in [6.45, 7) is 3.24. The SMILES string of the molecule is CN=Cc1c(F)cccc1P(C)(C)=O. The van der Waals surface area contributed by atoms with Crippen LogP contribution in [-0.4, -0.2) is 26.6 Å². The van der Waals surface area contributed by atoms with Crippen LogP contribution in [0.15, 0.2) is 23.2 Å². The molecule has 0 saturated heterocycles. The summed E-state index contributed by atoms with van der Waals surface area (Å²) in [6, 6.07) is 4.59. The van der Waals surface area contributed by atoms with E-state index in [4.69, 9.17) is 0 Å². The van der Waals surface area contributed by atoms with Gasteiger partial charge in [-0.25, -0.2) is 4.39 Å². The Hall–Kier alpha value is -0.950. The molecular weight excluding hydrogens is 200 g/mol. The van der Waals surface area contributed by atoms with Gasteiger partial charge in [0.1, 0.15) is 13.0 Å². The average Bonchev–Trinajstić information content (AvgIpc) is 2.07. The van der Waals surface area contributed by atoms with Gasteiger partial charge in [0, 0.05) is 24.1 Å². The molecule has 0 fully saturated rings. The summed E-state index contributed by atoms with van der Waals surface area (Å²) in [7, 11) is -0.882. The van der Waals surface area contributed by atoms with Gasteiger partial charge in [0.25, 0.3) is 0 Å². The number of hydrogen-bond donors (Lipinski definition) is 0. The van der Waals surface area contributed by atoms with Crippen LogP contribution in [0.4, 0.5) is 4.39 Å². The van der Waals surface area contributed by atoms with Gasteiger partial charge >= 0.3 is 0 Å². The van der Waals surface area contributed by atoms with E-state index < -0.39 is 7.14 Å². The molecule has 0 radical (unpaired) electrons. The monoisotopic (exact) mass is 213 g/mol. The van der Waals surface area contributed by atoms with Crippen molar-refractivity contribution in [2.24, 2.45) is 4.99 Å². The maximum atomic E-state index is 13.4. The topological polar surface area (TPSA) is 29.4 Å². The molecule has 0 aliphatic carbocycles. The predicted molar refractivity (Wildman–Crippen MR) is 59.0 cm³/mol. The van der Waals surface area contributed by atoms with E-state index in [2.05, 4.69) is 4.99 Å². The molecule has 2 nitrogen and oxygen atoms in total. The summed E-state index contributed by atoms with van der Waals surface area (Å²) in [5.74, 6) is -0.378. The number of aliphatic imine (C=N–C) groups is 1. The third kappa shape index (κ3) is 2.30. The number of benzene rings is 1. The molecule has 0 spiro atoms. The smallest absolute Gasteiger partial charge is 0.132 e. The van der Waals surface area contributed by atoms with Crippen LogP contribution in [0.3, 0.4) is 0 Å². The minimum Gasteiger partial charge on any atom is -0.319 e. The van der Waals surface area contributed by atoms with E-state index in [9.17, 15) is 8.96 Å². The lowest BCUT2D eigenvalue weighted by Crippen LogP contribution is -2.12. The van der Waals surface area contributed by atoms with E-state index in [0.29, 0.717) is 10.9 Å². The van der Waals surface area contributed by atoms with Crippen LogP contribution in [0, 0.1) is 5.82 Å². The summed E-state index contributed by atoms with van der Waals surface area (Å²) in [4.78, 5) is 3.75. The minimum absolute atomic E-state index is 0.336. The van der Waals surface area contributed by atoms with Crippen molar-refractivity contribution in [2.45, 2.75) is 0 Å². The maximum Gasteiger partial charge on any atom is 0.132 e. The van der Waals surface area contributed by atoms with E-state index in [1.807, 2.05) is 0 Å². The second-order valence-corrected chi connectivity index (χ2v) is 6.59. The van der Waals surface area contributed by atoms with E-state index in [0.717, 1.165) is 0 Å². The largest absolute Gasteiger partial charge is 0.319 e. The van der Waals surface area contributed by atoms with Crippen LogP contribution in [0.25, 0.3) is 0 Å². The Balaban J connectivity index is 3.44. The van der Waals surface area contributed by atoms with Gasteiger partial charge in [-0.3, -0.25) is 4.99 Å². The Kier molecular flexibility index (Phi) is 3.22. The molecule has 1 aromatic rings. The van der Waals surface area contributed by atoms with Gasteiger partial charge in [-0.15, -0.1) is 0 Å². The third-order valence-corrected chi connectivity index (χ3v) is 3.42. The molecule has 1 rings (SSSR count). The van der Waals surface area contributed by atoms with Crippen molar-refractivity contribution in [1.29, 1.82) is 0 Å². The highest BCUT2D eigenvalue weighted by atomic mass is 31.2. The highest BCUT2D eigenvalue weighted by molar-refractivity contribution is 7.70. The normalized spacial score (nSPS) is 12.3. The summed E-state index contributed by atoms with van der Waals surface area (Å²) in [6.07, 6.45) is 1.41. The maximum absolute atomic E-state index is 13.4. The van der Waals surface area contributed by atoms with Crippen molar-refractivity contribution in [1.82, 2.24) is 0 Å². The van der Waals surface area contributed by atoms with Gasteiger partial charge in [-0.1, -0.05) is 12.1 Å². The number of hydrogen-bond acceptors (Lipinski definition) is 2. The van der Waals surface area contributed by atoms with E-state index in [-0.39, 0.29) is 5.82 Å². The zero-order valence-corrected chi connectivity index (χ0v) is 9.38. The third-order valence-electron chi connectivity index (χ3n) is 1.87. The van der Waals surface area contributed by atoms with E-state index in [1.165, 1.54) is 12.3 Å². The van der Waals surface area contributed by atoms with Crippen molar-refractivity contribution in [3.8, 4) is 0 Å². The Morgan fingerprint density at radius 3 is 2.57 bits per heavy atom. The highest BCUT2D eigenvalue weighted by Gasteiger charge is 2.17. The summed E-state index contributed by atoms with van der Waals surface area (Å²) < 4.78 is 25.2. The summed E-state index contributed by atoms with van der Waals surface area (Å²) in [5.41, 5.74) is 0.336. The van der Waals surface area contributed by atoms with Crippen LogP contribution >= 0.6 is 7.14 Å². The first-order valence-corrected chi connectivity index (χ1v) is 6.83. The van der Waals surface area contributed by atoms with Crippen molar-refractivity contribution in [3.63, 3.8) is 0 Å². The molecule has 0 saturated carbocycles. The highest BCUT2D eigenvalue weighted by Crippen LogP contribution is 2.35. The predicted octanol–water partition coefficient (Wildman–Crippen LogP) is 2.12. The molecule has 4 heteroatoms. The van der Waals surface area contributed by atoms with Gasteiger partial charge < -0.3 is 4.57 Å². The first-order chi connectivity index (χ1) is 6.46. The van der Waals surface area contributed by atoms with Crippen molar-refractivity contribution >= 4 is 18.7 Å². The fourth-order valence-corrected chi connectivity index (χ4v) is 2.44. The molecule has 0 bridgehead atoms. The summed E-state index contributed by atoms with van der Waals surface area (Å²) in [5, 5.41) is 0.545. The molecule has 0 aliphatic rings. The fourth-order valence-electron chi connectivity index (χ4n) is 1.25. The molecule has 1 aromatic carbocycles. The molecule has 0 aliphatic heterocycles.